The van der Waals surface area contributed by atoms with Gasteiger partial charge in [-0.2, -0.15) is 0 Å². The molecular formula is C13H20N2O4S. The third-order valence-electron chi connectivity index (χ3n) is 2.37. The summed E-state index contributed by atoms with van der Waals surface area (Å²) in [4.78, 5) is 11.5. The minimum atomic E-state index is -3.28. The van der Waals surface area contributed by atoms with E-state index in [9.17, 15) is 13.2 Å². The van der Waals surface area contributed by atoms with Crippen LogP contribution >= 0.6 is 0 Å². The fraction of sp³-hybridized carbons (Fsp3) is 0.462. The highest BCUT2D eigenvalue weighted by molar-refractivity contribution is 7.92. The molecule has 1 amide bonds. The van der Waals surface area contributed by atoms with Gasteiger partial charge in [0.2, 0.25) is 15.9 Å². The van der Waals surface area contributed by atoms with Crippen LogP contribution in [0.3, 0.4) is 0 Å². The van der Waals surface area contributed by atoms with E-state index in [1.807, 2.05) is 13.8 Å². The van der Waals surface area contributed by atoms with E-state index in [0.29, 0.717) is 11.4 Å². The Bertz CT molecular complexity index is 538. The van der Waals surface area contributed by atoms with Crippen LogP contribution in [0.4, 0.5) is 11.4 Å². The number of carbonyl (C=O) groups is 1. The van der Waals surface area contributed by atoms with E-state index in [-0.39, 0.29) is 24.4 Å². The van der Waals surface area contributed by atoms with Crippen LogP contribution in [-0.2, 0) is 19.6 Å². The Kier molecular flexibility index (Phi) is 5.97. The minimum absolute atomic E-state index is 0.00780. The summed E-state index contributed by atoms with van der Waals surface area (Å²) in [7, 11) is -3.28. The predicted octanol–water partition coefficient (Wildman–Crippen LogP) is 1.81. The van der Waals surface area contributed by atoms with Crippen LogP contribution in [0, 0.1) is 0 Å². The highest BCUT2D eigenvalue weighted by Gasteiger charge is 2.07. The lowest BCUT2D eigenvalue weighted by Gasteiger charge is -2.09. The molecule has 0 fully saturated rings. The minimum Gasteiger partial charge on any atom is -0.369 e. The van der Waals surface area contributed by atoms with Crippen molar-refractivity contribution in [1.29, 1.82) is 0 Å². The van der Waals surface area contributed by atoms with Gasteiger partial charge in [0.05, 0.1) is 11.9 Å². The van der Waals surface area contributed by atoms with E-state index in [2.05, 4.69) is 10.0 Å². The molecule has 0 unspecified atom stereocenters. The van der Waals surface area contributed by atoms with Gasteiger partial charge in [0.1, 0.15) is 6.61 Å². The maximum absolute atomic E-state index is 11.5. The summed E-state index contributed by atoms with van der Waals surface area (Å²) in [5, 5.41) is 2.66. The molecule has 0 aliphatic rings. The first-order valence-electron chi connectivity index (χ1n) is 6.34. The van der Waals surface area contributed by atoms with Crippen molar-refractivity contribution in [1.82, 2.24) is 0 Å². The number of hydrogen-bond donors (Lipinski definition) is 2. The molecule has 6 nitrogen and oxygen atoms in total. The summed E-state index contributed by atoms with van der Waals surface area (Å²) in [6.07, 6.45) is -0.00780. The second-order valence-electron chi connectivity index (χ2n) is 4.49. The number of hydrogen-bond acceptors (Lipinski definition) is 4. The molecule has 0 radical (unpaired) electrons. The molecule has 0 aromatic heterocycles. The van der Waals surface area contributed by atoms with Gasteiger partial charge in [-0.25, -0.2) is 8.42 Å². The molecule has 0 aliphatic heterocycles. The van der Waals surface area contributed by atoms with Gasteiger partial charge in [0.15, 0.2) is 0 Å². The molecule has 0 aliphatic carbocycles. The van der Waals surface area contributed by atoms with Gasteiger partial charge in [-0.3, -0.25) is 9.52 Å². The average molecular weight is 300 g/mol. The average Bonchev–Trinajstić information content (AvgIpc) is 2.38. The fourth-order valence-electron chi connectivity index (χ4n) is 1.31. The second-order valence-corrected chi connectivity index (χ2v) is 6.50. The Balaban J connectivity index is 2.57. The first kappa shape index (κ1) is 16.5. The lowest BCUT2D eigenvalue weighted by atomic mass is 10.3. The summed E-state index contributed by atoms with van der Waals surface area (Å²) in [5.74, 6) is -0.238. The second kappa shape index (κ2) is 7.25. The SMILES string of the molecule is CCS(=O)(=O)Nc1ccc(NC(=O)COC(C)C)cc1. The molecule has 112 valence electrons. The first-order valence-corrected chi connectivity index (χ1v) is 7.99. The van der Waals surface area contributed by atoms with Gasteiger partial charge in [-0.05, 0) is 45.0 Å². The van der Waals surface area contributed by atoms with Crippen LogP contribution in [0.25, 0.3) is 0 Å². The summed E-state index contributed by atoms with van der Waals surface area (Å²) < 4.78 is 30.4. The zero-order chi connectivity index (χ0) is 15.2. The highest BCUT2D eigenvalue weighted by Crippen LogP contribution is 2.14. The molecule has 0 heterocycles. The number of amides is 1. The zero-order valence-electron chi connectivity index (χ0n) is 11.8. The highest BCUT2D eigenvalue weighted by atomic mass is 32.2. The smallest absolute Gasteiger partial charge is 0.250 e. The molecule has 0 atom stereocenters. The van der Waals surface area contributed by atoms with Crippen molar-refractivity contribution in [3.63, 3.8) is 0 Å². The van der Waals surface area contributed by atoms with Crippen molar-refractivity contribution in [3.8, 4) is 0 Å². The molecule has 1 aromatic carbocycles. The standard InChI is InChI=1S/C13H20N2O4S/c1-4-20(17,18)15-12-7-5-11(6-8-12)14-13(16)9-19-10(2)3/h5-8,10,15H,4,9H2,1-3H3,(H,14,16). The van der Waals surface area contributed by atoms with Gasteiger partial charge in [0, 0.05) is 11.4 Å². The molecule has 7 heteroatoms. The Morgan fingerprint density at radius 1 is 1.20 bits per heavy atom. The van der Waals surface area contributed by atoms with Crippen LogP contribution in [-0.4, -0.2) is 32.8 Å². The van der Waals surface area contributed by atoms with E-state index in [4.69, 9.17) is 4.74 Å². The van der Waals surface area contributed by atoms with Gasteiger partial charge in [-0.15, -0.1) is 0 Å². The molecular weight excluding hydrogens is 280 g/mol. The van der Waals surface area contributed by atoms with E-state index in [0.717, 1.165) is 0 Å². The number of carbonyl (C=O) groups excluding carboxylic acids is 1. The molecule has 0 spiro atoms. The molecule has 2 N–H and O–H groups in total. The van der Waals surface area contributed by atoms with E-state index in [1.165, 1.54) is 0 Å². The van der Waals surface area contributed by atoms with E-state index < -0.39 is 10.0 Å². The Hall–Kier alpha value is -1.60. The van der Waals surface area contributed by atoms with Crippen molar-refractivity contribution < 1.29 is 17.9 Å². The van der Waals surface area contributed by atoms with Crippen LogP contribution in [0.5, 0.6) is 0 Å². The lowest BCUT2D eigenvalue weighted by molar-refractivity contribution is -0.121. The molecule has 0 bridgehead atoms. The third-order valence-corrected chi connectivity index (χ3v) is 3.68. The zero-order valence-corrected chi connectivity index (χ0v) is 12.7. The summed E-state index contributed by atoms with van der Waals surface area (Å²) in [6.45, 7) is 5.25. The van der Waals surface area contributed by atoms with Crippen molar-refractivity contribution in [2.24, 2.45) is 0 Å². The Labute approximate surface area is 119 Å². The van der Waals surface area contributed by atoms with Gasteiger partial charge < -0.3 is 10.1 Å². The summed E-state index contributed by atoms with van der Waals surface area (Å²) >= 11 is 0. The van der Waals surface area contributed by atoms with Gasteiger partial charge >= 0.3 is 0 Å². The van der Waals surface area contributed by atoms with Crippen LogP contribution in [0.15, 0.2) is 24.3 Å². The van der Waals surface area contributed by atoms with Crippen LogP contribution in [0.2, 0.25) is 0 Å². The number of rotatable bonds is 7. The van der Waals surface area contributed by atoms with Gasteiger partial charge in [-0.1, -0.05) is 0 Å². The van der Waals surface area contributed by atoms with Crippen molar-refractivity contribution in [2.75, 3.05) is 22.4 Å². The Morgan fingerprint density at radius 2 is 1.75 bits per heavy atom. The normalized spacial score (nSPS) is 11.4. The number of anilines is 2. The third kappa shape index (κ3) is 6.03. The summed E-state index contributed by atoms with van der Waals surface area (Å²) in [5.41, 5.74) is 1.05. The Morgan fingerprint density at radius 3 is 2.25 bits per heavy atom. The largest absolute Gasteiger partial charge is 0.369 e. The molecule has 1 rings (SSSR count). The van der Waals surface area contributed by atoms with Gasteiger partial charge in [0.25, 0.3) is 0 Å². The molecule has 20 heavy (non-hydrogen) atoms. The van der Waals surface area contributed by atoms with Crippen LogP contribution in [0.1, 0.15) is 20.8 Å². The van der Waals surface area contributed by atoms with Crippen LogP contribution < -0.4 is 10.0 Å². The number of nitrogens with one attached hydrogen (secondary N) is 2. The maximum Gasteiger partial charge on any atom is 0.250 e. The quantitative estimate of drug-likeness (QED) is 0.804. The number of ether oxygens (including phenoxy) is 1. The van der Waals surface area contributed by atoms with E-state index >= 15 is 0 Å². The van der Waals surface area contributed by atoms with Crippen molar-refractivity contribution in [2.45, 2.75) is 26.9 Å². The summed E-state index contributed by atoms with van der Waals surface area (Å²) in [6, 6.07) is 6.43. The molecule has 0 saturated carbocycles. The maximum atomic E-state index is 11.5. The number of benzene rings is 1. The lowest BCUT2D eigenvalue weighted by Crippen LogP contribution is -2.20. The predicted molar refractivity (Wildman–Crippen MR) is 79.2 cm³/mol. The van der Waals surface area contributed by atoms with Crippen molar-refractivity contribution >= 4 is 27.3 Å². The monoisotopic (exact) mass is 300 g/mol. The van der Waals surface area contributed by atoms with Crippen molar-refractivity contribution in [3.05, 3.63) is 24.3 Å². The number of sulfonamides is 1. The fourth-order valence-corrected chi connectivity index (χ4v) is 1.95. The topological polar surface area (TPSA) is 84.5 Å². The first-order chi connectivity index (χ1) is 9.32. The molecule has 1 aromatic rings. The van der Waals surface area contributed by atoms with E-state index in [1.54, 1.807) is 31.2 Å². The molecule has 0 saturated heterocycles.